The highest BCUT2D eigenvalue weighted by atomic mass is 16.1. The molecule has 1 fully saturated rings. The van der Waals surface area contributed by atoms with Gasteiger partial charge < -0.3 is 11.1 Å². The van der Waals surface area contributed by atoms with E-state index in [2.05, 4.69) is 43.2 Å². The molecule has 4 heteroatoms. The molecule has 1 saturated carbocycles. The minimum atomic E-state index is -0.209. The summed E-state index contributed by atoms with van der Waals surface area (Å²) >= 11 is 0. The number of carbonyl (C=O) groups excluding carboxylic acids is 1. The molecule has 0 radical (unpaired) electrons. The number of hydrogen-bond donors (Lipinski definition) is 2. The van der Waals surface area contributed by atoms with Crippen LogP contribution in [0, 0.1) is 0 Å². The van der Waals surface area contributed by atoms with E-state index in [0.29, 0.717) is 17.3 Å². The normalized spacial score (nSPS) is 15.1. The van der Waals surface area contributed by atoms with Crippen molar-refractivity contribution in [2.75, 3.05) is 12.8 Å². The summed E-state index contributed by atoms with van der Waals surface area (Å²) in [6.45, 7) is 6.51. The number of anilines is 1. The van der Waals surface area contributed by atoms with E-state index >= 15 is 0 Å². The largest absolute Gasteiger partial charge is 0.398 e. The second-order valence-electron chi connectivity index (χ2n) is 7.16. The highest BCUT2D eigenvalue weighted by Gasteiger charge is 2.28. The van der Waals surface area contributed by atoms with E-state index in [1.165, 1.54) is 18.4 Å². The number of rotatable bonds is 2. The second-order valence-corrected chi connectivity index (χ2v) is 7.16. The van der Waals surface area contributed by atoms with Crippen LogP contribution in [0.15, 0.2) is 18.2 Å². The van der Waals surface area contributed by atoms with E-state index in [4.69, 9.17) is 5.73 Å². The van der Waals surface area contributed by atoms with Gasteiger partial charge >= 0.3 is 0 Å². The van der Waals surface area contributed by atoms with Crippen molar-refractivity contribution in [3.63, 3.8) is 0 Å². The van der Waals surface area contributed by atoms with E-state index in [9.17, 15) is 4.79 Å². The third-order valence-corrected chi connectivity index (χ3v) is 4.28. The third-order valence-electron chi connectivity index (χ3n) is 4.28. The SMILES string of the molecule is CNC(=O)c1cc(N)c2cc(C3CC3)cc(C(C)(C)C)c2n1. The van der Waals surface area contributed by atoms with Gasteiger partial charge in [-0.15, -0.1) is 0 Å². The fraction of sp³-hybridized carbons (Fsp3) is 0.444. The van der Waals surface area contributed by atoms with Gasteiger partial charge in [0, 0.05) is 18.1 Å². The van der Waals surface area contributed by atoms with Gasteiger partial charge in [0.2, 0.25) is 0 Å². The summed E-state index contributed by atoms with van der Waals surface area (Å²) in [6.07, 6.45) is 2.50. The molecule has 4 nitrogen and oxygen atoms in total. The number of benzene rings is 1. The lowest BCUT2D eigenvalue weighted by Crippen LogP contribution is -2.20. The number of amides is 1. The molecule has 2 aromatic rings. The van der Waals surface area contributed by atoms with Crippen LogP contribution in [0.4, 0.5) is 5.69 Å². The summed E-state index contributed by atoms with van der Waals surface area (Å²) in [4.78, 5) is 16.5. The van der Waals surface area contributed by atoms with Crippen molar-refractivity contribution in [3.8, 4) is 0 Å². The van der Waals surface area contributed by atoms with E-state index in [1.807, 2.05) is 0 Å². The highest BCUT2D eigenvalue weighted by Crippen LogP contribution is 2.43. The van der Waals surface area contributed by atoms with Crippen molar-refractivity contribution in [2.45, 2.75) is 44.9 Å². The van der Waals surface area contributed by atoms with Crippen LogP contribution in [0.1, 0.15) is 61.1 Å². The number of aromatic nitrogens is 1. The molecule has 0 spiro atoms. The summed E-state index contributed by atoms with van der Waals surface area (Å²) < 4.78 is 0. The van der Waals surface area contributed by atoms with Crippen LogP contribution in [-0.4, -0.2) is 17.9 Å². The van der Waals surface area contributed by atoms with Gasteiger partial charge in [-0.2, -0.15) is 0 Å². The van der Waals surface area contributed by atoms with Crippen molar-refractivity contribution >= 4 is 22.5 Å². The van der Waals surface area contributed by atoms with Crippen LogP contribution in [0.2, 0.25) is 0 Å². The topological polar surface area (TPSA) is 68.0 Å². The molecule has 1 aliphatic rings. The fourth-order valence-corrected chi connectivity index (χ4v) is 2.84. The molecule has 3 N–H and O–H groups in total. The average molecular weight is 297 g/mol. The summed E-state index contributed by atoms with van der Waals surface area (Å²) in [7, 11) is 1.60. The van der Waals surface area contributed by atoms with Crippen molar-refractivity contribution in [3.05, 3.63) is 35.0 Å². The lowest BCUT2D eigenvalue weighted by molar-refractivity contribution is 0.0958. The summed E-state index contributed by atoms with van der Waals surface area (Å²) in [5, 5.41) is 3.57. The number of nitrogens with one attached hydrogen (secondary N) is 1. The van der Waals surface area contributed by atoms with Crippen LogP contribution in [0.3, 0.4) is 0 Å². The lowest BCUT2D eigenvalue weighted by Gasteiger charge is -2.23. The second kappa shape index (κ2) is 4.97. The third kappa shape index (κ3) is 2.54. The Kier molecular flexibility index (Phi) is 3.35. The number of fused-ring (bicyclic) bond motifs is 1. The van der Waals surface area contributed by atoms with Crippen molar-refractivity contribution in [1.29, 1.82) is 0 Å². The molecule has 3 rings (SSSR count). The van der Waals surface area contributed by atoms with Crippen LogP contribution in [-0.2, 0) is 5.41 Å². The number of pyridine rings is 1. The monoisotopic (exact) mass is 297 g/mol. The van der Waals surface area contributed by atoms with E-state index < -0.39 is 0 Å². The number of carbonyl (C=O) groups is 1. The molecular weight excluding hydrogens is 274 g/mol. The maximum absolute atomic E-state index is 11.9. The molecule has 0 atom stereocenters. The standard InChI is InChI=1S/C18H23N3O/c1-18(2,3)13-8-11(10-5-6-10)7-12-14(19)9-15(17(22)20-4)21-16(12)13/h7-10H,5-6H2,1-4H3,(H2,19,21)(H,20,22). The van der Waals surface area contributed by atoms with E-state index in [-0.39, 0.29) is 11.3 Å². The predicted molar refractivity (Wildman–Crippen MR) is 90.2 cm³/mol. The number of nitrogens with zero attached hydrogens (tertiary/aromatic N) is 1. The van der Waals surface area contributed by atoms with E-state index in [0.717, 1.165) is 16.5 Å². The molecule has 0 saturated heterocycles. The first-order valence-corrected chi connectivity index (χ1v) is 7.78. The Labute approximate surface area is 131 Å². The van der Waals surface area contributed by atoms with Crippen molar-refractivity contribution < 1.29 is 4.79 Å². The van der Waals surface area contributed by atoms with Crippen molar-refractivity contribution in [2.24, 2.45) is 0 Å². The summed E-state index contributed by atoms with van der Waals surface area (Å²) in [6, 6.07) is 6.07. The molecule has 1 amide bonds. The maximum atomic E-state index is 11.9. The van der Waals surface area contributed by atoms with Crippen LogP contribution >= 0.6 is 0 Å². The Morgan fingerprint density at radius 3 is 2.50 bits per heavy atom. The Morgan fingerprint density at radius 2 is 1.95 bits per heavy atom. The Hall–Kier alpha value is -2.10. The van der Waals surface area contributed by atoms with Gasteiger partial charge in [0.15, 0.2) is 0 Å². The first kappa shape index (κ1) is 14.8. The molecule has 116 valence electrons. The Balaban J connectivity index is 2.31. The Bertz CT molecular complexity index is 755. The maximum Gasteiger partial charge on any atom is 0.269 e. The van der Waals surface area contributed by atoms with Crippen LogP contribution < -0.4 is 11.1 Å². The van der Waals surface area contributed by atoms with Gasteiger partial charge in [0.25, 0.3) is 5.91 Å². The van der Waals surface area contributed by atoms with Gasteiger partial charge in [0.1, 0.15) is 5.69 Å². The van der Waals surface area contributed by atoms with Crippen LogP contribution in [0.5, 0.6) is 0 Å². The first-order chi connectivity index (χ1) is 10.3. The molecule has 1 aromatic heterocycles. The first-order valence-electron chi connectivity index (χ1n) is 7.78. The number of nitrogen functional groups attached to an aromatic ring is 1. The van der Waals surface area contributed by atoms with Gasteiger partial charge in [-0.1, -0.05) is 26.8 Å². The summed E-state index contributed by atoms with van der Waals surface area (Å²) in [5.41, 5.74) is 10.5. The van der Waals surface area contributed by atoms with Gasteiger partial charge in [-0.25, -0.2) is 4.98 Å². The fourth-order valence-electron chi connectivity index (χ4n) is 2.84. The predicted octanol–water partition coefficient (Wildman–Crippen LogP) is 3.35. The lowest BCUT2D eigenvalue weighted by atomic mass is 9.83. The minimum Gasteiger partial charge on any atom is -0.398 e. The smallest absolute Gasteiger partial charge is 0.269 e. The molecule has 0 bridgehead atoms. The molecule has 0 unspecified atom stereocenters. The molecular formula is C18H23N3O. The van der Waals surface area contributed by atoms with Gasteiger partial charge in [-0.05, 0) is 47.4 Å². The number of nitrogens with two attached hydrogens (primary N) is 1. The Morgan fingerprint density at radius 1 is 1.27 bits per heavy atom. The molecule has 1 heterocycles. The minimum absolute atomic E-state index is 0.0517. The molecule has 1 aliphatic carbocycles. The average Bonchev–Trinajstić information content (AvgIpc) is 3.29. The van der Waals surface area contributed by atoms with Gasteiger partial charge in [-0.3, -0.25) is 4.79 Å². The number of hydrogen-bond acceptors (Lipinski definition) is 3. The zero-order valence-corrected chi connectivity index (χ0v) is 13.7. The zero-order valence-electron chi connectivity index (χ0n) is 13.7. The molecule has 1 aromatic carbocycles. The highest BCUT2D eigenvalue weighted by molar-refractivity contribution is 6.00. The zero-order chi connectivity index (χ0) is 16.1. The van der Waals surface area contributed by atoms with Crippen LogP contribution in [0.25, 0.3) is 10.9 Å². The quantitative estimate of drug-likeness (QED) is 0.893. The van der Waals surface area contributed by atoms with Crippen molar-refractivity contribution in [1.82, 2.24) is 10.3 Å². The molecule has 0 aliphatic heterocycles. The molecule has 22 heavy (non-hydrogen) atoms. The van der Waals surface area contributed by atoms with Gasteiger partial charge in [0.05, 0.1) is 5.52 Å². The van der Waals surface area contributed by atoms with E-state index in [1.54, 1.807) is 13.1 Å². The summed E-state index contributed by atoms with van der Waals surface area (Å²) in [5.74, 6) is 0.447.